The molecule has 0 aliphatic heterocycles. The molecule has 6 nitrogen and oxygen atoms in total. The molecule has 0 radical (unpaired) electrons. The first-order valence-corrected chi connectivity index (χ1v) is 15.5. The van der Waals surface area contributed by atoms with E-state index in [1.165, 1.54) is 30.2 Å². The van der Waals surface area contributed by atoms with Gasteiger partial charge in [0.15, 0.2) is 0 Å². The molecule has 7 heteroatoms. The monoisotopic (exact) mass is 551 g/mol. The van der Waals surface area contributed by atoms with Crippen molar-refractivity contribution in [1.29, 1.82) is 0 Å². The highest BCUT2D eigenvalue weighted by atomic mass is 32.2. The van der Waals surface area contributed by atoms with Crippen molar-refractivity contribution in [3.63, 3.8) is 0 Å². The molecule has 0 bridgehead atoms. The zero-order chi connectivity index (χ0) is 27.5. The van der Waals surface area contributed by atoms with Crippen LogP contribution in [0.15, 0.2) is 45.1 Å². The zero-order valence-electron chi connectivity index (χ0n) is 23.4. The molecule has 0 amide bonds. The molecular weight excluding hydrogens is 510 g/mol. The minimum atomic E-state index is -0.584. The highest BCUT2D eigenvalue weighted by Gasteiger charge is 2.35. The molecule has 210 valence electrons. The van der Waals surface area contributed by atoms with Gasteiger partial charge in [0.1, 0.15) is 29.1 Å². The van der Waals surface area contributed by atoms with E-state index in [0.29, 0.717) is 22.8 Å². The van der Waals surface area contributed by atoms with E-state index in [1.54, 1.807) is 0 Å². The maximum absolute atomic E-state index is 13.2. The topological polar surface area (TPSA) is 91.8 Å². The summed E-state index contributed by atoms with van der Waals surface area (Å²) in [7, 11) is 0. The predicted molar refractivity (Wildman–Crippen MR) is 155 cm³/mol. The number of thioether (sulfide) groups is 1. The summed E-state index contributed by atoms with van der Waals surface area (Å²) >= 11 is 1.48. The van der Waals surface area contributed by atoms with E-state index < -0.39 is 5.92 Å². The van der Waals surface area contributed by atoms with E-state index in [1.807, 2.05) is 12.1 Å². The summed E-state index contributed by atoms with van der Waals surface area (Å²) in [5.74, 6) is 0.129. The molecule has 3 aliphatic rings. The van der Waals surface area contributed by atoms with Gasteiger partial charge in [-0.15, -0.1) is 11.8 Å². The number of hydrogen-bond acceptors (Lipinski definition) is 7. The maximum Gasteiger partial charge on any atom is 0.315 e. The molecule has 2 aromatic rings. The lowest BCUT2D eigenvalue weighted by Crippen LogP contribution is -2.32. The number of fused-ring (bicyclic) bond motifs is 1. The van der Waals surface area contributed by atoms with Crippen LogP contribution in [0.1, 0.15) is 99.7 Å². The number of nitrogens with two attached hydrogens (primary N) is 1. The van der Waals surface area contributed by atoms with Crippen LogP contribution in [-0.2, 0) is 19.1 Å². The molecule has 2 N–H and O–H groups in total. The number of benzene rings is 1. The van der Waals surface area contributed by atoms with E-state index >= 15 is 0 Å². The largest absolute Gasteiger partial charge is 0.462 e. The molecular formula is C32H41NO5S. The summed E-state index contributed by atoms with van der Waals surface area (Å²) in [6.45, 7) is 6.20. The SMILES string of the molecule is Cc1cc(C)c2cc(C(C)SC3=C(N)C(C(=O)OC4CCCCC4)CC=C3OC(=O)C3CCCCC3)oc2c1. The summed E-state index contributed by atoms with van der Waals surface area (Å²) in [4.78, 5) is 27.0. The van der Waals surface area contributed by atoms with Crippen LogP contribution < -0.4 is 5.73 Å². The molecule has 2 unspecified atom stereocenters. The Balaban J connectivity index is 1.39. The smallest absolute Gasteiger partial charge is 0.315 e. The van der Waals surface area contributed by atoms with Gasteiger partial charge in [0.2, 0.25) is 0 Å². The lowest BCUT2D eigenvalue weighted by Gasteiger charge is -2.29. The van der Waals surface area contributed by atoms with Gasteiger partial charge in [-0.25, -0.2) is 0 Å². The highest BCUT2D eigenvalue weighted by Crippen LogP contribution is 2.45. The number of rotatable bonds is 7. The number of allylic oxidation sites excluding steroid dienone is 1. The van der Waals surface area contributed by atoms with Crippen LogP contribution in [0.2, 0.25) is 0 Å². The minimum absolute atomic E-state index is 0.0363. The lowest BCUT2D eigenvalue weighted by molar-refractivity contribution is -0.154. The Bertz CT molecular complexity index is 1280. The van der Waals surface area contributed by atoms with E-state index in [0.717, 1.165) is 73.7 Å². The molecule has 5 rings (SSSR count). The number of carbonyl (C=O) groups is 2. The van der Waals surface area contributed by atoms with Crippen molar-refractivity contribution in [3.05, 3.63) is 57.5 Å². The number of carbonyl (C=O) groups excluding carboxylic acids is 2. The lowest BCUT2D eigenvalue weighted by atomic mass is 9.89. The van der Waals surface area contributed by atoms with Gasteiger partial charge in [-0.1, -0.05) is 31.7 Å². The van der Waals surface area contributed by atoms with Crippen molar-refractivity contribution >= 4 is 34.7 Å². The summed E-state index contributed by atoms with van der Waals surface area (Å²) < 4.78 is 18.2. The summed E-state index contributed by atoms with van der Waals surface area (Å²) in [6, 6.07) is 6.27. The van der Waals surface area contributed by atoms with Gasteiger partial charge in [-0.2, -0.15) is 0 Å². The predicted octanol–water partition coefficient (Wildman–Crippen LogP) is 7.92. The first-order chi connectivity index (χ1) is 18.8. The number of hydrogen-bond donors (Lipinski definition) is 1. The molecule has 39 heavy (non-hydrogen) atoms. The Morgan fingerprint density at radius 3 is 2.38 bits per heavy atom. The van der Waals surface area contributed by atoms with Crippen molar-refractivity contribution in [2.75, 3.05) is 0 Å². The van der Waals surface area contributed by atoms with Crippen LogP contribution in [0.25, 0.3) is 11.0 Å². The molecule has 1 heterocycles. The quantitative estimate of drug-likeness (QED) is 0.349. The first-order valence-electron chi connectivity index (χ1n) is 14.6. The Morgan fingerprint density at radius 1 is 0.974 bits per heavy atom. The molecule has 1 aromatic carbocycles. The normalized spacial score (nSPS) is 22.0. The Hall–Kier alpha value is -2.67. The Kier molecular flexibility index (Phi) is 8.75. The van der Waals surface area contributed by atoms with Gasteiger partial charge in [-0.3, -0.25) is 9.59 Å². The fourth-order valence-electron chi connectivity index (χ4n) is 6.08. The fraction of sp³-hybridized carbons (Fsp3) is 0.562. The second-order valence-corrected chi connectivity index (χ2v) is 12.8. The summed E-state index contributed by atoms with van der Waals surface area (Å²) in [5.41, 5.74) is 10.3. The molecule has 1 aromatic heterocycles. The van der Waals surface area contributed by atoms with Gasteiger partial charge in [-0.05, 0) is 95.1 Å². The molecule has 2 atom stereocenters. The van der Waals surface area contributed by atoms with Gasteiger partial charge >= 0.3 is 11.9 Å². The molecule has 2 fully saturated rings. The van der Waals surface area contributed by atoms with Crippen LogP contribution in [0, 0.1) is 25.7 Å². The average Bonchev–Trinajstić information content (AvgIpc) is 3.36. The second-order valence-electron chi connectivity index (χ2n) is 11.5. The van der Waals surface area contributed by atoms with Gasteiger partial charge < -0.3 is 19.6 Å². The van der Waals surface area contributed by atoms with Gasteiger partial charge in [0.05, 0.1) is 16.1 Å². The highest BCUT2D eigenvalue weighted by molar-refractivity contribution is 8.03. The van der Waals surface area contributed by atoms with Crippen LogP contribution in [0.4, 0.5) is 0 Å². The molecule has 2 saturated carbocycles. The zero-order valence-corrected chi connectivity index (χ0v) is 24.2. The van der Waals surface area contributed by atoms with Crippen LogP contribution in [0.5, 0.6) is 0 Å². The molecule has 3 aliphatic carbocycles. The van der Waals surface area contributed by atoms with E-state index in [9.17, 15) is 9.59 Å². The average molecular weight is 552 g/mol. The Labute approximate surface area is 235 Å². The van der Waals surface area contributed by atoms with Crippen molar-refractivity contribution < 1.29 is 23.5 Å². The minimum Gasteiger partial charge on any atom is -0.462 e. The van der Waals surface area contributed by atoms with Crippen molar-refractivity contribution in [3.8, 4) is 0 Å². The van der Waals surface area contributed by atoms with E-state index in [-0.39, 0.29) is 29.2 Å². The molecule has 0 saturated heterocycles. The van der Waals surface area contributed by atoms with Crippen LogP contribution in [0.3, 0.4) is 0 Å². The van der Waals surface area contributed by atoms with Crippen molar-refractivity contribution in [2.24, 2.45) is 17.6 Å². The Morgan fingerprint density at radius 2 is 1.67 bits per heavy atom. The third kappa shape index (κ3) is 6.40. The van der Waals surface area contributed by atoms with E-state index in [2.05, 4.69) is 32.9 Å². The maximum atomic E-state index is 13.2. The van der Waals surface area contributed by atoms with Gasteiger partial charge in [0, 0.05) is 11.1 Å². The molecule has 0 spiro atoms. The standard InChI is InChI=1S/C32H41NO5S/c1-19-16-20(2)25-18-27(37-28(25)17-19)21(3)39-30-26(38-31(34)22-10-6-4-7-11-22)15-14-24(29(30)33)32(35)36-23-12-8-5-9-13-23/h15-18,21-24H,4-14,33H2,1-3H3. The van der Waals surface area contributed by atoms with Gasteiger partial charge in [0.25, 0.3) is 0 Å². The van der Waals surface area contributed by atoms with Crippen molar-refractivity contribution in [2.45, 2.75) is 103 Å². The second kappa shape index (κ2) is 12.2. The first kappa shape index (κ1) is 27.9. The fourth-order valence-corrected chi connectivity index (χ4v) is 7.19. The van der Waals surface area contributed by atoms with Crippen molar-refractivity contribution in [1.82, 2.24) is 0 Å². The summed E-state index contributed by atoms with van der Waals surface area (Å²) in [5, 5.41) is 0.970. The number of furan rings is 1. The van der Waals surface area contributed by atoms with Crippen LogP contribution in [-0.4, -0.2) is 18.0 Å². The number of esters is 2. The van der Waals surface area contributed by atoms with E-state index in [4.69, 9.17) is 19.6 Å². The third-order valence-electron chi connectivity index (χ3n) is 8.37. The summed E-state index contributed by atoms with van der Waals surface area (Å²) in [6.07, 6.45) is 12.4. The number of ether oxygens (including phenoxy) is 2. The third-order valence-corrected chi connectivity index (χ3v) is 9.63. The van der Waals surface area contributed by atoms with Crippen LogP contribution >= 0.6 is 11.8 Å². The number of aryl methyl sites for hydroxylation is 2.